The molecule has 1 aromatic carbocycles. The first-order valence-electron chi connectivity index (χ1n) is 6.39. The fourth-order valence-electron chi connectivity index (χ4n) is 2.15. The molecule has 1 N–H and O–H groups in total. The Bertz CT molecular complexity index is 515. The molecule has 0 radical (unpaired) electrons. The third kappa shape index (κ3) is 2.71. The summed E-state index contributed by atoms with van der Waals surface area (Å²) in [6.07, 6.45) is 0. The number of imidazole rings is 1. The molecule has 2 aromatic rings. The number of benzene rings is 1. The fraction of sp³-hybridized carbons (Fsp3) is 0.500. The van der Waals surface area contributed by atoms with E-state index in [1.165, 1.54) is 5.52 Å². The van der Waals surface area contributed by atoms with E-state index in [4.69, 9.17) is 4.98 Å². The highest BCUT2D eigenvalue weighted by Crippen LogP contribution is 2.18. The molecule has 0 aliphatic carbocycles. The molecule has 0 saturated carbocycles. The van der Waals surface area contributed by atoms with Gasteiger partial charge in [0.05, 0.1) is 17.1 Å². The van der Waals surface area contributed by atoms with Gasteiger partial charge in [-0.05, 0) is 33.2 Å². The Kier molecular flexibility index (Phi) is 3.99. The highest BCUT2D eigenvalue weighted by Gasteiger charge is 2.13. The van der Waals surface area contributed by atoms with Crippen molar-refractivity contribution in [1.29, 1.82) is 0 Å². The number of aromatic nitrogens is 2. The van der Waals surface area contributed by atoms with Gasteiger partial charge in [0.1, 0.15) is 5.82 Å². The van der Waals surface area contributed by atoms with Gasteiger partial charge < -0.3 is 14.8 Å². The molecule has 0 unspecified atom stereocenters. The molecule has 0 saturated heterocycles. The second kappa shape index (κ2) is 5.50. The number of likely N-dealkylation sites (N-methyl/N-ethyl adjacent to an activating group) is 1. The Morgan fingerprint density at radius 3 is 2.72 bits per heavy atom. The van der Waals surface area contributed by atoms with Crippen LogP contribution in [0, 0.1) is 0 Å². The van der Waals surface area contributed by atoms with Gasteiger partial charge >= 0.3 is 0 Å². The first-order chi connectivity index (χ1) is 8.59. The van der Waals surface area contributed by atoms with E-state index in [-0.39, 0.29) is 6.04 Å². The maximum Gasteiger partial charge on any atom is 0.126 e. The van der Waals surface area contributed by atoms with Crippen LogP contribution in [0.15, 0.2) is 24.3 Å². The standard InChI is InChI=1S/C14H22N4/c1-11(15-9-10-17(2)3)14-16-12-7-5-6-8-13(12)18(14)4/h5-8,11,15H,9-10H2,1-4H3/t11-/m1/s1. The van der Waals surface area contributed by atoms with Crippen LogP contribution in [0.25, 0.3) is 11.0 Å². The van der Waals surface area contributed by atoms with E-state index in [9.17, 15) is 0 Å². The summed E-state index contributed by atoms with van der Waals surface area (Å²) in [6.45, 7) is 4.17. The number of para-hydroxylation sites is 2. The number of nitrogens with zero attached hydrogens (tertiary/aromatic N) is 3. The molecule has 0 aliphatic rings. The number of nitrogens with one attached hydrogen (secondary N) is 1. The molecular formula is C14H22N4. The van der Waals surface area contributed by atoms with Crippen LogP contribution in [0.2, 0.25) is 0 Å². The van der Waals surface area contributed by atoms with E-state index >= 15 is 0 Å². The first-order valence-corrected chi connectivity index (χ1v) is 6.39. The summed E-state index contributed by atoms with van der Waals surface area (Å²) in [4.78, 5) is 6.87. The van der Waals surface area contributed by atoms with Gasteiger partial charge in [0.15, 0.2) is 0 Å². The Morgan fingerprint density at radius 1 is 1.33 bits per heavy atom. The second-order valence-electron chi connectivity index (χ2n) is 5.00. The lowest BCUT2D eigenvalue weighted by Crippen LogP contribution is -2.29. The van der Waals surface area contributed by atoms with Crippen molar-refractivity contribution in [2.75, 3.05) is 27.2 Å². The number of fused-ring (bicyclic) bond motifs is 1. The van der Waals surface area contributed by atoms with Crippen LogP contribution in [0.5, 0.6) is 0 Å². The van der Waals surface area contributed by atoms with Gasteiger partial charge in [-0.15, -0.1) is 0 Å². The second-order valence-corrected chi connectivity index (χ2v) is 5.00. The monoisotopic (exact) mass is 246 g/mol. The van der Waals surface area contributed by atoms with Crippen LogP contribution < -0.4 is 5.32 Å². The minimum atomic E-state index is 0.266. The van der Waals surface area contributed by atoms with Crippen LogP contribution in [0.1, 0.15) is 18.8 Å². The molecule has 4 heteroatoms. The van der Waals surface area contributed by atoms with Gasteiger partial charge in [-0.3, -0.25) is 0 Å². The van der Waals surface area contributed by atoms with Crippen LogP contribution in [-0.2, 0) is 7.05 Å². The van der Waals surface area contributed by atoms with E-state index in [0.29, 0.717) is 0 Å². The molecule has 0 bridgehead atoms. The van der Waals surface area contributed by atoms with E-state index < -0.39 is 0 Å². The molecule has 0 aliphatic heterocycles. The lowest BCUT2D eigenvalue weighted by atomic mass is 10.3. The van der Waals surface area contributed by atoms with Crippen LogP contribution >= 0.6 is 0 Å². The van der Waals surface area contributed by atoms with Crippen molar-refractivity contribution < 1.29 is 0 Å². The molecule has 18 heavy (non-hydrogen) atoms. The lowest BCUT2D eigenvalue weighted by molar-refractivity contribution is 0.385. The minimum Gasteiger partial charge on any atom is -0.330 e. The molecule has 1 aromatic heterocycles. The van der Waals surface area contributed by atoms with E-state index in [0.717, 1.165) is 24.4 Å². The van der Waals surface area contributed by atoms with E-state index in [1.807, 2.05) is 6.07 Å². The summed E-state index contributed by atoms with van der Waals surface area (Å²) >= 11 is 0. The smallest absolute Gasteiger partial charge is 0.126 e. The molecule has 98 valence electrons. The zero-order chi connectivity index (χ0) is 13.1. The predicted octanol–water partition coefficient (Wildman–Crippen LogP) is 1.79. The van der Waals surface area contributed by atoms with Gasteiger partial charge in [0, 0.05) is 20.1 Å². The summed E-state index contributed by atoms with van der Waals surface area (Å²) in [5.74, 6) is 1.09. The Hall–Kier alpha value is -1.39. The molecule has 0 amide bonds. The number of aryl methyl sites for hydroxylation is 1. The average molecular weight is 246 g/mol. The highest BCUT2D eigenvalue weighted by atomic mass is 15.1. The Morgan fingerprint density at radius 2 is 2.06 bits per heavy atom. The zero-order valence-corrected chi connectivity index (χ0v) is 11.6. The Labute approximate surface area is 109 Å². The maximum absolute atomic E-state index is 4.70. The van der Waals surface area contributed by atoms with Crippen molar-refractivity contribution >= 4 is 11.0 Å². The summed E-state index contributed by atoms with van der Waals surface area (Å²) in [7, 11) is 6.25. The molecular weight excluding hydrogens is 224 g/mol. The predicted molar refractivity (Wildman–Crippen MR) is 75.7 cm³/mol. The normalized spacial score (nSPS) is 13.4. The van der Waals surface area contributed by atoms with Crippen molar-refractivity contribution in [3.8, 4) is 0 Å². The van der Waals surface area contributed by atoms with Gasteiger partial charge in [0.2, 0.25) is 0 Å². The van der Waals surface area contributed by atoms with Gasteiger partial charge in [0.25, 0.3) is 0 Å². The summed E-state index contributed by atoms with van der Waals surface area (Å²) in [6, 6.07) is 8.52. The van der Waals surface area contributed by atoms with Crippen LogP contribution in [0.3, 0.4) is 0 Å². The number of rotatable bonds is 5. The molecule has 1 heterocycles. The fourth-order valence-corrected chi connectivity index (χ4v) is 2.15. The number of hydrogen-bond acceptors (Lipinski definition) is 3. The zero-order valence-electron chi connectivity index (χ0n) is 11.6. The average Bonchev–Trinajstić information content (AvgIpc) is 2.67. The molecule has 0 spiro atoms. The van der Waals surface area contributed by atoms with Crippen molar-refractivity contribution in [2.45, 2.75) is 13.0 Å². The third-order valence-corrected chi connectivity index (χ3v) is 3.22. The van der Waals surface area contributed by atoms with Crippen LogP contribution in [-0.4, -0.2) is 41.6 Å². The quantitative estimate of drug-likeness (QED) is 0.873. The summed E-state index contributed by atoms with van der Waals surface area (Å²) in [5.41, 5.74) is 2.25. The maximum atomic E-state index is 4.70. The topological polar surface area (TPSA) is 33.1 Å². The Balaban J connectivity index is 2.12. The van der Waals surface area contributed by atoms with Crippen LogP contribution in [0.4, 0.5) is 0 Å². The van der Waals surface area contributed by atoms with Crippen molar-refractivity contribution in [3.63, 3.8) is 0 Å². The first kappa shape index (κ1) is 13.1. The third-order valence-electron chi connectivity index (χ3n) is 3.22. The van der Waals surface area contributed by atoms with E-state index in [1.54, 1.807) is 0 Å². The highest BCUT2D eigenvalue weighted by molar-refractivity contribution is 5.75. The van der Waals surface area contributed by atoms with Crippen molar-refractivity contribution in [1.82, 2.24) is 19.8 Å². The summed E-state index contributed by atoms with van der Waals surface area (Å²) in [5, 5.41) is 3.51. The van der Waals surface area contributed by atoms with E-state index in [2.05, 4.69) is 61.0 Å². The lowest BCUT2D eigenvalue weighted by Gasteiger charge is -2.16. The van der Waals surface area contributed by atoms with Gasteiger partial charge in [-0.25, -0.2) is 4.98 Å². The minimum absolute atomic E-state index is 0.266. The molecule has 4 nitrogen and oxygen atoms in total. The molecule has 0 fully saturated rings. The molecule has 2 rings (SSSR count). The van der Waals surface area contributed by atoms with Crippen molar-refractivity contribution in [3.05, 3.63) is 30.1 Å². The number of hydrogen-bond donors (Lipinski definition) is 1. The molecule has 1 atom stereocenters. The summed E-state index contributed by atoms with van der Waals surface area (Å²) < 4.78 is 2.17. The van der Waals surface area contributed by atoms with Crippen molar-refractivity contribution in [2.24, 2.45) is 7.05 Å². The largest absolute Gasteiger partial charge is 0.330 e. The SMILES string of the molecule is C[C@@H](NCCN(C)C)c1nc2ccccc2n1C. The van der Waals surface area contributed by atoms with Gasteiger partial charge in [-0.1, -0.05) is 12.1 Å². The van der Waals surface area contributed by atoms with Gasteiger partial charge in [-0.2, -0.15) is 0 Å².